The van der Waals surface area contributed by atoms with Crippen LogP contribution in [-0.4, -0.2) is 35.5 Å². The maximum atomic E-state index is 11.6. The topological polar surface area (TPSA) is 117 Å². The Morgan fingerprint density at radius 3 is 2.71 bits per heavy atom. The normalized spacial score (nSPS) is 11.3. The molecule has 114 valence electrons. The van der Waals surface area contributed by atoms with Gasteiger partial charge in [-0.15, -0.1) is 0 Å². The van der Waals surface area contributed by atoms with Crippen molar-refractivity contribution < 1.29 is 19.1 Å². The summed E-state index contributed by atoms with van der Waals surface area (Å²) in [6, 6.07) is 1.98. The Labute approximate surface area is 120 Å². The number of H-pyrrole nitrogens is 1. The van der Waals surface area contributed by atoms with Crippen LogP contribution in [0.2, 0.25) is 0 Å². The minimum Gasteiger partial charge on any atom is -0.452 e. The summed E-state index contributed by atoms with van der Waals surface area (Å²) in [4.78, 5) is 47.9. The van der Waals surface area contributed by atoms with E-state index < -0.39 is 30.1 Å². The highest BCUT2D eigenvalue weighted by Gasteiger charge is 2.15. The highest BCUT2D eigenvalue weighted by atomic mass is 16.5. The number of aromatic nitrogens is 1. The van der Waals surface area contributed by atoms with Crippen molar-refractivity contribution in [1.82, 2.24) is 15.6 Å². The SMILES string of the molecule is CC[C@H](C)NC(=O)NC(=O)COC(=O)c1ccc[nH]c1=O. The average molecular weight is 295 g/mol. The van der Waals surface area contributed by atoms with Crippen LogP contribution in [0.3, 0.4) is 0 Å². The van der Waals surface area contributed by atoms with Crippen LogP contribution in [0.15, 0.2) is 23.1 Å². The minimum atomic E-state index is -0.936. The molecule has 0 radical (unpaired) electrons. The Bertz CT molecular complexity index is 581. The van der Waals surface area contributed by atoms with Gasteiger partial charge in [-0.2, -0.15) is 0 Å². The number of amides is 3. The molecule has 0 unspecified atom stereocenters. The smallest absolute Gasteiger partial charge is 0.344 e. The molecule has 0 saturated carbocycles. The lowest BCUT2D eigenvalue weighted by molar-refractivity contribution is -0.123. The maximum Gasteiger partial charge on any atom is 0.344 e. The van der Waals surface area contributed by atoms with E-state index in [1.807, 2.05) is 12.2 Å². The summed E-state index contributed by atoms with van der Waals surface area (Å²) in [6.07, 6.45) is 2.08. The van der Waals surface area contributed by atoms with Crippen LogP contribution < -0.4 is 16.2 Å². The second-order valence-electron chi connectivity index (χ2n) is 4.32. The Balaban J connectivity index is 2.43. The van der Waals surface area contributed by atoms with Crippen LogP contribution in [-0.2, 0) is 9.53 Å². The zero-order valence-corrected chi connectivity index (χ0v) is 11.8. The molecule has 1 heterocycles. The van der Waals surface area contributed by atoms with E-state index in [2.05, 4.69) is 15.0 Å². The summed E-state index contributed by atoms with van der Waals surface area (Å²) in [5.74, 6) is -1.72. The van der Waals surface area contributed by atoms with Gasteiger partial charge in [0.25, 0.3) is 11.5 Å². The molecular formula is C13H17N3O5. The van der Waals surface area contributed by atoms with E-state index in [4.69, 9.17) is 0 Å². The quantitative estimate of drug-likeness (QED) is 0.669. The summed E-state index contributed by atoms with van der Waals surface area (Å²) in [5, 5.41) is 4.54. The van der Waals surface area contributed by atoms with Gasteiger partial charge < -0.3 is 15.0 Å². The standard InChI is InChI=1S/C13H17N3O5/c1-3-8(2)15-13(20)16-10(17)7-21-12(19)9-5-4-6-14-11(9)18/h4-6,8H,3,7H2,1-2H3,(H,14,18)(H2,15,16,17,20)/t8-/m0/s1. The Hall–Kier alpha value is -2.64. The predicted molar refractivity (Wildman–Crippen MR) is 73.8 cm³/mol. The number of imide groups is 1. The van der Waals surface area contributed by atoms with Crippen LogP contribution in [0.25, 0.3) is 0 Å². The molecule has 3 amide bonds. The Morgan fingerprint density at radius 2 is 2.10 bits per heavy atom. The average Bonchev–Trinajstić information content (AvgIpc) is 2.44. The van der Waals surface area contributed by atoms with Crippen molar-refractivity contribution >= 4 is 17.9 Å². The molecule has 0 bridgehead atoms. The van der Waals surface area contributed by atoms with Gasteiger partial charge in [0.1, 0.15) is 5.56 Å². The monoisotopic (exact) mass is 295 g/mol. The van der Waals surface area contributed by atoms with E-state index in [0.717, 1.165) is 0 Å². The molecule has 1 aromatic rings. The van der Waals surface area contributed by atoms with Crippen molar-refractivity contribution in [2.75, 3.05) is 6.61 Å². The van der Waals surface area contributed by atoms with Gasteiger partial charge in [0, 0.05) is 12.2 Å². The second-order valence-corrected chi connectivity index (χ2v) is 4.32. The largest absolute Gasteiger partial charge is 0.452 e. The Kier molecular flexibility index (Phi) is 6.12. The van der Waals surface area contributed by atoms with E-state index in [0.29, 0.717) is 6.42 Å². The molecular weight excluding hydrogens is 278 g/mol. The van der Waals surface area contributed by atoms with Gasteiger partial charge in [-0.25, -0.2) is 9.59 Å². The number of urea groups is 1. The van der Waals surface area contributed by atoms with Gasteiger partial charge in [-0.3, -0.25) is 14.9 Å². The van der Waals surface area contributed by atoms with E-state index in [1.54, 1.807) is 6.92 Å². The lowest BCUT2D eigenvalue weighted by Gasteiger charge is -2.11. The number of hydrogen-bond acceptors (Lipinski definition) is 5. The number of hydrogen-bond donors (Lipinski definition) is 3. The molecule has 0 fully saturated rings. The predicted octanol–water partition coefficient (Wildman–Crippen LogP) is 0.156. The highest BCUT2D eigenvalue weighted by Crippen LogP contribution is 1.93. The molecule has 0 aliphatic heterocycles. The molecule has 21 heavy (non-hydrogen) atoms. The third-order valence-electron chi connectivity index (χ3n) is 2.62. The maximum absolute atomic E-state index is 11.6. The van der Waals surface area contributed by atoms with Crippen molar-refractivity contribution in [3.63, 3.8) is 0 Å². The lowest BCUT2D eigenvalue weighted by Crippen LogP contribution is -2.44. The zero-order valence-electron chi connectivity index (χ0n) is 11.8. The van der Waals surface area contributed by atoms with Crippen molar-refractivity contribution in [3.05, 3.63) is 34.2 Å². The first kappa shape index (κ1) is 16.4. The molecule has 3 N–H and O–H groups in total. The summed E-state index contributed by atoms with van der Waals surface area (Å²) < 4.78 is 4.65. The molecule has 8 nitrogen and oxygen atoms in total. The summed E-state index contributed by atoms with van der Waals surface area (Å²) in [5.41, 5.74) is -0.827. The van der Waals surface area contributed by atoms with Gasteiger partial charge in [0.2, 0.25) is 0 Å². The van der Waals surface area contributed by atoms with E-state index >= 15 is 0 Å². The van der Waals surface area contributed by atoms with Gasteiger partial charge >= 0.3 is 12.0 Å². The fraction of sp³-hybridized carbons (Fsp3) is 0.385. The number of carbonyl (C=O) groups is 3. The van der Waals surface area contributed by atoms with Crippen molar-refractivity contribution in [1.29, 1.82) is 0 Å². The summed E-state index contributed by atoms with van der Waals surface area (Å²) >= 11 is 0. The molecule has 0 aliphatic carbocycles. The third-order valence-corrected chi connectivity index (χ3v) is 2.62. The Morgan fingerprint density at radius 1 is 1.38 bits per heavy atom. The number of pyridine rings is 1. The fourth-order valence-electron chi connectivity index (χ4n) is 1.32. The van der Waals surface area contributed by atoms with Gasteiger partial charge in [-0.1, -0.05) is 6.92 Å². The number of aromatic amines is 1. The van der Waals surface area contributed by atoms with Crippen LogP contribution in [0, 0.1) is 0 Å². The first-order chi connectivity index (χ1) is 9.93. The summed E-state index contributed by atoms with van der Waals surface area (Å²) in [6.45, 7) is 3.01. The second kappa shape index (κ2) is 7.83. The van der Waals surface area contributed by atoms with Crippen molar-refractivity contribution in [2.24, 2.45) is 0 Å². The molecule has 1 rings (SSSR count). The van der Waals surface area contributed by atoms with E-state index in [-0.39, 0.29) is 11.6 Å². The number of carbonyl (C=O) groups excluding carboxylic acids is 3. The first-order valence-electron chi connectivity index (χ1n) is 6.39. The van der Waals surface area contributed by atoms with Crippen molar-refractivity contribution in [3.8, 4) is 0 Å². The lowest BCUT2D eigenvalue weighted by atomic mass is 10.3. The molecule has 0 spiro atoms. The first-order valence-corrected chi connectivity index (χ1v) is 6.39. The van der Waals surface area contributed by atoms with Gasteiger partial charge in [0.15, 0.2) is 6.61 Å². The van der Waals surface area contributed by atoms with Gasteiger partial charge in [0.05, 0.1) is 0 Å². The fourth-order valence-corrected chi connectivity index (χ4v) is 1.32. The van der Waals surface area contributed by atoms with Crippen LogP contribution in [0.1, 0.15) is 30.6 Å². The van der Waals surface area contributed by atoms with E-state index in [1.165, 1.54) is 18.3 Å². The van der Waals surface area contributed by atoms with Crippen molar-refractivity contribution in [2.45, 2.75) is 26.3 Å². The van der Waals surface area contributed by atoms with Crippen LogP contribution in [0.5, 0.6) is 0 Å². The zero-order chi connectivity index (χ0) is 15.8. The molecule has 0 saturated heterocycles. The minimum absolute atomic E-state index is 0.0803. The van der Waals surface area contributed by atoms with Gasteiger partial charge in [-0.05, 0) is 25.5 Å². The molecule has 0 aromatic carbocycles. The number of rotatable bonds is 5. The third kappa shape index (κ3) is 5.47. The molecule has 8 heteroatoms. The van der Waals surface area contributed by atoms with Crippen LogP contribution >= 0.6 is 0 Å². The molecule has 0 aliphatic rings. The molecule has 1 atom stereocenters. The number of ether oxygens (including phenoxy) is 1. The number of esters is 1. The molecule has 1 aromatic heterocycles. The summed E-state index contributed by atoms with van der Waals surface area (Å²) in [7, 11) is 0. The van der Waals surface area contributed by atoms with Crippen LogP contribution in [0.4, 0.5) is 4.79 Å². The highest BCUT2D eigenvalue weighted by molar-refractivity contribution is 5.96. The van der Waals surface area contributed by atoms with E-state index in [9.17, 15) is 19.2 Å². The number of nitrogens with one attached hydrogen (secondary N) is 3.